The standard InChI is InChI=1S/C16H17N9O5S2/c1-6-20-23-24(21-6)3-7-4-31-14-10(13(27)25(14)11(7)15(28)29)19-12(26)9(22-30-2)8-5-32-16(17)18-8/h5,10,14H,3-4H2,1-2H3,(H2,17,18)(H,19,26)(H,28,29)/b22-9+/t10-,14+/m1/s1. The molecule has 2 aliphatic rings. The fourth-order valence-electron chi connectivity index (χ4n) is 3.27. The van der Waals surface area contributed by atoms with Crippen LogP contribution < -0.4 is 11.1 Å². The Balaban J connectivity index is 1.53. The predicted octanol–water partition coefficient (Wildman–Crippen LogP) is -1.19. The summed E-state index contributed by atoms with van der Waals surface area (Å²) >= 11 is 2.44. The van der Waals surface area contributed by atoms with Gasteiger partial charge in [-0.25, -0.2) is 9.78 Å². The highest BCUT2D eigenvalue weighted by atomic mass is 32.2. The van der Waals surface area contributed by atoms with Crippen molar-refractivity contribution in [2.75, 3.05) is 18.6 Å². The summed E-state index contributed by atoms with van der Waals surface area (Å²) in [6.45, 7) is 1.74. The van der Waals surface area contributed by atoms with Gasteiger partial charge < -0.3 is 21.0 Å². The topological polar surface area (TPSA) is 191 Å². The number of rotatable bonds is 7. The van der Waals surface area contributed by atoms with Crippen LogP contribution in [0.4, 0.5) is 5.13 Å². The highest BCUT2D eigenvalue weighted by Crippen LogP contribution is 2.40. The van der Waals surface area contributed by atoms with Crippen molar-refractivity contribution in [3.63, 3.8) is 0 Å². The second-order valence-electron chi connectivity index (χ2n) is 6.68. The van der Waals surface area contributed by atoms with E-state index in [-0.39, 0.29) is 28.8 Å². The number of oxime groups is 1. The van der Waals surface area contributed by atoms with Crippen molar-refractivity contribution in [3.8, 4) is 0 Å². The van der Waals surface area contributed by atoms with Crippen molar-refractivity contribution in [3.05, 3.63) is 28.2 Å². The molecule has 2 atom stereocenters. The lowest BCUT2D eigenvalue weighted by atomic mass is 10.0. The molecule has 0 saturated carbocycles. The summed E-state index contributed by atoms with van der Waals surface area (Å²) in [6, 6.07) is -0.937. The summed E-state index contributed by atoms with van der Waals surface area (Å²) in [7, 11) is 1.27. The molecule has 1 fully saturated rings. The maximum Gasteiger partial charge on any atom is 0.352 e. The fourth-order valence-corrected chi connectivity index (χ4v) is 5.15. The molecule has 2 aromatic heterocycles. The molecule has 32 heavy (non-hydrogen) atoms. The number of hydrogen-bond donors (Lipinski definition) is 3. The molecule has 4 heterocycles. The number of anilines is 1. The number of carboxylic acids is 1. The Bertz CT molecular complexity index is 1160. The van der Waals surface area contributed by atoms with Crippen LogP contribution in [0.3, 0.4) is 0 Å². The lowest BCUT2D eigenvalue weighted by molar-refractivity contribution is -0.150. The van der Waals surface area contributed by atoms with Gasteiger partial charge in [-0.15, -0.1) is 33.3 Å². The van der Waals surface area contributed by atoms with Gasteiger partial charge in [0.15, 0.2) is 16.7 Å². The van der Waals surface area contributed by atoms with Gasteiger partial charge in [-0.05, 0) is 17.7 Å². The Morgan fingerprint density at radius 3 is 2.84 bits per heavy atom. The van der Waals surface area contributed by atoms with E-state index in [1.165, 1.54) is 29.0 Å². The Kier molecular flexibility index (Phi) is 5.79. The zero-order chi connectivity index (χ0) is 23.0. The number of thiazole rings is 1. The molecule has 0 unspecified atom stereocenters. The van der Waals surface area contributed by atoms with Crippen LogP contribution in [0.1, 0.15) is 11.5 Å². The monoisotopic (exact) mass is 479 g/mol. The number of carboxylic acid groups (broad SMARTS) is 1. The van der Waals surface area contributed by atoms with E-state index < -0.39 is 29.2 Å². The van der Waals surface area contributed by atoms with Gasteiger partial charge in [0.05, 0.1) is 6.54 Å². The van der Waals surface area contributed by atoms with Crippen molar-refractivity contribution >= 4 is 51.7 Å². The van der Waals surface area contributed by atoms with Crippen LogP contribution >= 0.6 is 23.1 Å². The number of tetrazole rings is 1. The molecule has 0 aliphatic carbocycles. The normalized spacial score (nSPS) is 20.6. The zero-order valence-electron chi connectivity index (χ0n) is 16.8. The molecular formula is C16H17N9O5S2. The number of aliphatic carboxylic acids is 1. The first kappa shape index (κ1) is 21.7. The first-order valence-electron chi connectivity index (χ1n) is 9.08. The number of hydrogen-bond acceptors (Lipinski definition) is 12. The van der Waals surface area contributed by atoms with E-state index in [4.69, 9.17) is 10.6 Å². The fraction of sp³-hybridized carbons (Fsp3) is 0.375. The number of thioether (sulfide) groups is 1. The van der Waals surface area contributed by atoms with Gasteiger partial charge in [0.25, 0.3) is 11.8 Å². The Labute approximate surface area is 188 Å². The van der Waals surface area contributed by atoms with Crippen LogP contribution in [0.25, 0.3) is 0 Å². The number of nitrogen functional groups attached to an aromatic ring is 1. The second kappa shape index (κ2) is 8.54. The van der Waals surface area contributed by atoms with Crippen LogP contribution in [0.5, 0.6) is 0 Å². The summed E-state index contributed by atoms with van der Waals surface area (Å²) in [5.74, 6) is -1.74. The van der Waals surface area contributed by atoms with Crippen molar-refractivity contribution in [2.24, 2.45) is 5.16 Å². The van der Waals surface area contributed by atoms with Crippen molar-refractivity contribution in [1.29, 1.82) is 0 Å². The van der Waals surface area contributed by atoms with E-state index in [1.807, 2.05) is 0 Å². The molecule has 4 rings (SSSR count). The second-order valence-corrected chi connectivity index (χ2v) is 8.67. The predicted molar refractivity (Wildman–Crippen MR) is 112 cm³/mol. The molecule has 168 valence electrons. The number of nitrogens with zero attached hydrogens (tertiary/aromatic N) is 7. The molecule has 0 radical (unpaired) electrons. The van der Waals surface area contributed by atoms with E-state index in [1.54, 1.807) is 6.92 Å². The first-order chi connectivity index (χ1) is 15.3. The Hall–Kier alpha value is -3.53. The molecule has 2 aromatic rings. The summed E-state index contributed by atoms with van der Waals surface area (Å²) in [5, 5.41) is 28.9. The molecule has 4 N–H and O–H groups in total. The SMILES string of the molecule is CO/N=C(/C(=O)N[C@@H]1C(=O)N2C(C(=O)O)=C(Cn3nnc(C)n3)CS[C@@H]12)c1csc(N)n1. The smallest absolute Gasteiger partial charge is 0.352 e. The first-order valence-corrected chi connectivity index (χ1v) is 11.0. The largest absolute Gasteiger partial charge is 0.477 e. The third-order valence-corrected chi connectivity index (χ3v) is 6.60. The minimum Gasteiger partial charge on any atom is -0.477 e. The molecule has 2 aliphatic heterocycles. The van der Waals surface area contributed by atoms with E-state index in [2.05, 4.69) is 30.9 Å². The van der Waals surface area contributed by atoms with Gasteiger partial charge in [-0.3, -0.25) is 14.5 Å². The number of carbonyl (C=O) groups excluding carboxylic acids is 2. The number of amides is 2. The Morgan fingerprint density at radius 2 is 2.25 bits per heavy atom. The van der Waals surface area contributed by atoms with Crippen molar-refractivity contribution in [1.82, 2.24) is 35.4 Å². The molecular weight excluding hydrogens is 462 g/mol. The molecule has 0 spiro atoms. The average Bonchev–Trinajstić information content (AvgIpc) is 3.37. The number of carbonyl (C=O) groups is 3. The van der Waals surface area contributed by atoms with E-state index in [9.17, 15) is 19.5 Å². The average molecular weight is 480 g/mol. The number of aryl methyl sites for hydroxylation is 1. The Morgan fingerprint density at radius 1 is 1.47 bits per heavy atom. The van der Waals surface area contributed by atoms with Gasteiger partial charge in [-0.2, -0.15) is 4.80 Å². The lowest BCUT2D eigenvalue weighted by Gasteiger charge is -2.49. The third-order valence-electron chi connectivity index (χ3n) is 4.58. The summed E-state index contributed by atoms with van der Waals surface area (Å²) < 4.78 is 0. The van der Waals surface area contributed by atoms with E-state index >= 15 is 0 Å². The zero-order valence-corrected chi connectivity index (χ0v) is 18.4. The van der Waals surface area contributed by atoms with Gasteiger partial charge in [0.1, 0.15) is 29.9 Å². The van der Waals surface area contributed by atoms with Gasteiger partial charge in [-0.1, -0.05) is 5.16 Å². The number of nitrogens with two attached hydrogens (primary N) is 1. The molecule has 2 amide bonds. The van der Waals surface area contributed by atoms with Gasteiger partial charge in [0.2, 0.25) is 0 Å². The highest BCUT2D eigenvalue weighted by Gasteiger charge is 2.54. The number of β-lactam (4-membered cyclic amide) rings is 1. The minimum absolute atomic E-state index is 0.0822. The maximum absolute atomic E-state index is 12.8. The molecule has 16 heteroatoms. The lowest BCUT2D eigenvalue weighted by Crippen LogP contribution is -2.71. The van der Waals surface area contributed by atoms with Crippen LogP contribution in [0, 0.1) is 6.92 Å². The quantitative estimate of drug-likeness (QED) is 0.246. The van der Waals surface area contributed by atoms with Crippen LogP contribution in [0.2, 0.25) is 0 Å². The van der Waals surface area contributed by atoms with Crippen LogP contribution in [-0.2, 0) is 25.8 Å². The maximum atomic E-state index is 12.8. The number of fused-ring (bicyclic) bond motifs is 1. The minimum atomic E-state index is -1.25. The number of nitrogens with one attached hydrogen (secondary N) is 1. The number of aromatic nitrogens is 5. The van der Waals surface area contributed by atoms with Gasteiger partial charge in [0, 0.05) is 11.1 Å². The van der Waals surface area contributed by atoms with Crippen LogP contribution in [0.15, 0.2) is 21.8 Å². The molecule has 0 aromatic carbocycles. The molecule has 14 nitrogen and oxygen atoms in total. The third kappa shape index (κ3) is 3.89. The van der Waals surface area contributed by atoms with Crippen molar-refractivity contribution in [2.45, 2.75) is 24.9 Å². The molecule has 0 bridgehead atoms. The summed E-state index contributed by atoms with van der Waals surface area (Å²) in [5.41, 5.74) is 6.00. The highest BCUT2D eigenvalue weighted by molar-refractivity contribution is 8.00. The molecule has 1 saturated heterocycles. The van der Waals surface area contributed by atoms with Gasteiger partial charge >= 0.3 is 5.97 Å². The summed E-state index contributed by atoms with van der Waals surface area (Å²) in [6.07, 6.45) is 0. The summed E-state index contributed by atoms with van der Waals surface area (Å²) in [4.78, 5) is 48.7. The van der Waals surface area contributed by atoms with E-state index in [0.717, 1.165) is 16.2 Å². The van der Waals surface area contributed by atoms with Crippen molar-refractivity contribution < 1.29 is 24.3 Å². The van der Waals surface area contributed by atoms with Crippen LogP contribution in [-0.4, -0.2) is 83.0 Å². The van der Waals surface area contributed by atoms with E-state index in [0.29, 0.717) is 17.2 Å².